The van der Waals surface area contributed by atoms with Crippen LogP contribution in [0.3, 0.4) is 0 Å². The molecular weight excluding hydrogens is 204 g/mol. The molecule has 1 aromatic carbocycles. The van der Waals surface area contributed by atoms with E-state index in [-0.39, 0.29) is 0 Å². The Morgan fingerprint density at radius 2 is 1.27 bits per heavy atom. The lowest BCUT2D eigenvalue weighted by molar-refractivity contribution is 0.776. The van der Waals surface area contributed by atoms with Gasteiger partial charge in [-0.3, -0.25) is 0 Å². The Kier molecular flexibility index (Phi) is 8.50. The Labute approximate surface area is 99.7 Å². The first-order chi connectivity index (χ1) is 7.10. The van der Waals surface area contributed by atoms with Crippen LogP contribution in [0.4, 0.5) is 0 Å². The minimum Gasteiger partial charge on any atom is -0.127 e. The lowest BCUT2D eigenvalue weighted by Crippen LogP contribution is -1.78. The summed E-state index contributed by atoms with van der Waals surface area (Å²) in [5.41, 5.74) is 4.06. The highest BCUT2D eigenvalue weighted by Crippen LogP contribution is 2.06. The molecule has 0 aromatic heterocycles. The standard InChI is InChI=1S/C9H12.C5H11Cl/c1-7-4-8(2)6-9(3)5-7;1-2-3-4-5-6/h4-6H,1-3H3;2-5H2,1H3. The summed E-state index contributed by atoms with van der Waals surface area (Å²) >= 11 is 5.38. The zero-order valence-corrected chi connectivity index (χ0v) is 11.2. The molecule has 1 heteroatoms. The average molecular weight is 227 g/mol. The molecule has 0 radical (unpaired) electrons. The molecule has 15 heavy (non-hydrogen) atoms. The van der Waals surface area contributed by atoms with Gasteiger partial charge < -0.3 is 0 Å². The zero-order valence-electron chi connectivity index (χ0n) is 10.4. The third-order valence-corrected chi connectivity index (χ3v) is 2.37. The molecule has 0 saturated heterocycles. The van der Waals surface area contributed by atoms with E-state index in [0.717, 1.165) is 5.88 Å². The summed E-state index contributed by atoms with van der Waals surface area (Å²) in [5, 5.41) is 0. The highest BCUT2D eigenvalue weighted by Gasteiger charge is 1.87. The average Bonchev–Trinajstić information content (AvgIpc) is 2.13. The first kappa shape index (κ1) is 14.5. The molecule has 0 atom stereocenters. The van der Waals surface area contributed by atoms with Crippen molar-refractivity contribution < 1.29 is 0 Å². The summed E-state index contributed by atoms with van der Waals surface area (Å²) in [6.45, 7) is 8.55. The Morgan fingerprint density at radius 1 is 0.867 bits per heavy atom. The molecule has 1 aromatic rings. The van der Waals surface area contributed by atoms with Crippen LogP contribution in [0, 0.1) is 20.8 Å². The number of hydrogen-bond donors (Lipinski definition) is 0. The van der Waals surface area contributed by atoms with Crippen LogP contribution in [0.1, 0.15) is 42.9 Å². The van der Waals surface area contributed by atoms with Crippen molar-refractivity contribution in [3.63, 3.8) is 0 Å². The van der Waals surface area contributed by atoms with Crippen molar-refractivity contribution in [2.75, 3.05) is 5.88 Å². The fourth-order valence-electron chi connectivity index (χ4n) is 1.55. The number of rotatable bonds is 3. The first-order valence-electron chi connectivity index (χ1n) is 5.71. The fraction of sp³-hybridized carbons (Fsp3) is 0.571. The molecule has 0 aliphatic carbocycles. The van der Waals surface area contributed by atoms with Crippen molar-refractivity contribution in [2.24, 2.45) is 0 Å². The van der Waals surface area contributed by atoms with Crippen LogP contribution >= 0.6 is 11.6 Å². The van der Waals surface area contributed by atoms with Crippen molar-refractivity contribution in [1.82, 2.24) is 0 Å². The number of benzene rings is 1. The highest BCUT2D eigenvalue weighted by atomic mass is 35.5. The molecule has 0 nitrogen and oxygen atoms in total. The van der Waals surface area contributed by atoms with E-state index in [2.05, 4.69) is 45.9 Å². The van der Waals surface area contributed by atoms with Gasteiger partial charge in [-0.2, -0.15) is 0 Å². The van der Waals surface area contributed by atoms with E-state index in [1.54, 1.807) is 0 Å². The molecule has 0 fully saturated rings. The number of hydrogen-bond acceptors (Lipinski definition) is 0. The lowest BCUT2D eigenvalue weighted by atomic mass is 10.1. The number of alkyl halides is 1. The molecule has 0 aliphatic heterocycles. The second-order valence-electron chi connectivity index (χ2n) is 4.06. The quantitative estimate of drug-likeness (QED) is 0.501. The molecular formula is C14H23Cl. The Bertz CT molecular complexity index is 212. The molecule has 0 heterocycles. The van der Waals surface area contributed by atoms with E-state index in [9.17, 15) is 0 Å². The van der Waals surface area contributed by atoms with E-state index >= 15 is 0 Å². The topological polar surface area (TPSA) is 0 Å². The minimum atomic E-state index is 0.827. The second-order valence-corrected chi connectivity index (χ2v) is 4.44. The summed E-state index contributed by atoms with van der Waals surface area (Å²) in [7, 11) is 0. The van der Waals surface area contributed by atoms with Gasteiger partial charge in [0.05, 0.1) is 0 Å². The summed E-state index contributed by atoms with van der Waals surface area (Å²) in [6.07, 6.45) is 3.73. The van der Waals surface area contributed by atoms with Crippen LogP contribution in [0.15, 0.2) is 18.2 Å². The monoisotopic (exact) mass is 226 g/mol. The first-order valence-corrected chi connectivity index (χ1v) is 6.24. The summed E-state index contributed by atoms with van der Waals surface area (Å²) in [5.74, 6) is 0.827. The Morgan fingerprint density at radius 3 is 1.47 bits per heavy atom. The predicted octanol–water partition coefficient (Wildman–Crippen LogP) is 5.03. The molecule has 0 saturated carbocycles. The fourth-order valence-corrected chi connectivity index (χ4v) is 1.74. The second kappa shape index (κ2) is 8.79. The van der Waals surface area contributed by atoms with Gasteiger partial charge in [0, 0.05) is 5.88 Å². The minimum absolute atomic E-state index is 0.827. The Hall–Kier alpha value is -0.490. The van der Waals surface area contributed by atoms with Crippen LogP contribution in [-0.2, 0) is 0 Å². The summed E-state index contributed by atoms with van der Waals surface area (Å²) in [4.78, 5) is 0. The van der Waals surface area contributed by atoms with Gasteiger partial charge in [0.15, 0.2) is 0 Å². The van der Waals surface area contributed by atoms with Gasteiger partial charge in [0.25, 0.3) is 0 Å². The molecule has 0 N–H and O–H groups in total. The Balaban J connectivity index is 0.000000288. The normalized spacial score (nSPS) is 9.40. The SMILES string of the molecule is CCCCCCl.Cc1cc(C)cc(C)c1. The van der Waals surface area contributed by atoms with Gasteiger partial charge in [-0.1, -0.05) is 54.7 Å². The lowest BCUT2D eigenvalue weighted by Gasteiger charge is -1.96. The maximum absolute atomic E-state index is 5.38. The van der Waals surface area contributed by atoms with Gasteiger partial charge >= 0.3 is 0 Å². The van der Waals surface area contributed by atoms with Crippen LogP contribution < -0.4 is 0 Å². The van der Waals surface area contributed by atoms with Gasteiger partial charge in [0.2, 0.25) is 0 Å². The molecule has 0 amide bonds. The number of halogens is 1. The van der Waals surface area contributed by atoms with E-state index < -0.39 is 0 Å². The summed E-state index contributed by atoms with van der Waals surface area (Å²) in [6, 6.07) is 6.56. The molecule has 0 spiro atoms. The predicted molar refractivity (Wildman–Crippen MR) is 70.9 cm³/mol. The van der Waals surface area contributed by atoms with Crippen molar-refractivity contribution in [3.05, 3.63) is 34.9 Å². The van der Waals surface area contributed by atoms with Gasteiger partial charge in [-0.25, -0.2) is 0 Å². The van der Waals surface area contributed by atoms with Crippen LogP contribution in [0.2, 0.25) is 0 Å². The number of aryl methyl sites for hydroxylation is 3. The van der Waals surface area contributed by atoms with Gasteiger partial charge in [-0.05, 0) is 27.2 Å². The van der Waals surface area contributed by atoms with E-state index in [1.807, 2.05) is 0 Å². The van der Waals surface area contributed by atoms with E-state index in [1.165, 1.54) is 36.0 Å². The number of unbranched alkanes of at least 4 members (excludes halogenated alkanes) is 2. The van der Waals surface area contributed by atoms with Crippen LogP contribution in [-0.4, -0.2) is 5.88 Å². The summed E-state index contributed by atoms with van der Waals surface area (Å²) < 4.78 is 0. The van der Waals surface area contributed by atoms with Gasteiger partial charge in [-0.15, -0.1) is 11.6 Å². The van der Waals surface area contributed by atoms with E-state index in [4.69, 9.17) is 11.6 Å². The molecule has 0 aliphatic rings. The molecule has 0 unspecified atom stereocenters. The maximum atomic E-state index is 5.38. The van der Waals surface area contributed by atoms with Gasteiger partial charge in [0.1, 0.15) is 0 Å². The van der Waals surface area contributed by atoms with Crippen molar-refractivity contribution in [1.29, 1.82) is 0 Å². The van der Waals surface area contributed by atoms with Crippen molar-refractivity contribution >= 4 is 11.6 Å². The third kappa shape index (κ3) is 8.50. The third-order valence-electron chi connectivity index (χ3n) is 2.10. The molecule has 1 rings (SSSR count). The largest absolute Gasteiger partial charge is 0.127 e. The maximum Gasteiger partial charge on any atom is 0.0223 e. The van der Waals surface area contributed by atoms with E-state index in [0.29, 0.717) is 0 Å². The zero-order chi connectivity index (χ0) is 11.7. The van der Waals surface area contributed by atoms with Crippen LogP contribution in [0.5, 0.6) is 0 Å². The smallest absolute Gasteiger partial charge is 0.0223 e. The molecule has 86 valence electrons. The van der Waals surface area contributed by atoms with Crippen molar-refractivity contribution in [3.8, 4) is 0 Å². The highest BCUT2D eigenvalue weighted by molar-refractivity contribution is 6.17. The van der Waals surface area contributed by atoms with Crippen LogP contribution in [0.25, 0.3) is 0 Å². The molecule has 0 bridgehead atoms. The van der Waals surface area contributed by atoms with Crippen molar-refractivity contribution in [2.45, 2.75) is 47.0 Å².